The van der Waals surface area contributed by atoms with Gasteiger partial charge in [0, 0.05) is 17.7 Å². The second-order valence-corrected chi connectivity index (χ2v) is 9.76. The van der Waals surface area contributed by atoms with Crippen LogP contribution >= 0.6 is 11.6 Å². The molecule has 0 bridgehead atoms. The van der Waals surface area contributed by atoms with Crippen molar-refractivity contribution < 1.29 is 21.7 Å². The molecule has 3 nitrogen and oxygen atoms in total. The van der Waals surface area contributed by atoms with Gasteiger partial charge >= 0.3 is 0 Å². The summed E-state index contributed by atoms with van der Waals surface area (Å²) in [7, 11) is 2.36. The highest BCUT2D eigenvalue weighted by molar-refractivity contribution is 6.34. The summed E-state index contributed by atoms with van der Waals surface area (Å²) in [6.45, 7) is 5.23. The van der Waals surface area contributed by atoms with Crippen molar-refractivity contribution in [1.82, 2.24) is 0 Å². The smallest absolute Gasteiger partial charge is 0.260 e. The lowest BCUT2D eigenvalue weighted by Crippen LogP contribution is -3.00. The van der Waals surface area contributed by atoms with E-state index in [1.165, 1.54) is 16.7 Å². The number of amides is 1. The van der Waals surface area contributed by atoms with Crippen molar-refractivity contribution in [3.05, 3.63) is 100 Å². The molecule has 2 aliphatic heterocycles. The van der Waals surface area contributed by atoms with E-state index in [4.69, 9.17) is 11.6 Å². The van der Waals surface area contributed by atoms with Crippen LogP contribution in [-0.4, -0.2) is 36.6 Å². The molecule has 0 radical (unpaired) electrons. The first-order chi connectivity index (χ1) is 15.0. The van der Waals surface area contributed by atoms with Gasteiger partial charge in [-0.1, -0.05) is 71.8 Å². The molecule has 1 fully saturated rings. The average molecular weight is 467 g/mol. The lowest BCUT2D eigenvalue weighted by Gasteiger charge is -2.44. The van der Waals surface area contributed by atoms with Gasteiger partial charge in [0.05, 0.1) is 42.7 Å². The molecule has 3 unspecified atom stereocenters. The van der Waals surface area contributed by atoms with Crippen LogP contribution < -0.4 is 17.3 Å². The predicted molar refractivity (Wildman–Crippen MR) is 127 cm³/mol. The summed E-state index contributed by atoms with van der Waals surface area (Å²) in [6, 6.07) is 24.8. The highest BCUT2D eigenvalue weighted by atomic mass is 35.5. The Labute approximate surface area is 201 Å². The number of likely N-dealkylation sites (tertiary alicyclic amines) is 1. The maximum atomic E-state index is 13.7. The van der Waals surface area contributed by atoms with Gasteiger partial charge in [-0.05, 0) is 30.7 Å². The molecular formula is C27H28Cl2N2O. The van der Waals surface area contributed by atoms with Gasteiger partial charge in [-0.3, -0.25) is 4.79 Å². The minimum atomic E-state index is 0. The van der Waals surface area contributed by atoms with Gasteiger partial charge in [0.15, 0.2) is 0 Å². The molecule has 5 heteroatoms. The van der Waals surface area contributed by atoms with E-state index in [2.05, 4.69) is 62.5 Å². The minimum absolute atomic E-state index is 0. The number of benzene rings is 3. The Morgan fingerprint density at radius 1 is 1.06 bits per heavy atom. The van der Waals surface area contributed by atoms with Crippen LogP contribution in [0.2, 0.25) is 5.02 Å². The van der Waals surface area contributed by atoms with Crippen LogP contribution in [0.15, 0.2) is 72.8 Å². The van der Waals surface area contributed by atoms with E-state index in [0.717, 1.165) is 36.2 Å². The molecule has 0 aliphatic carbocycles. The normalized spacial score (nSPS) is 23.8. The van der Waals surface area contributed by atoms with Gasteiger partial charge in [0.2, 0.25) is 0 Å². The highest BCUT2D eigenvalue weighted by Crippen LogP contribution is 2.47. The molecule has 3 atom stereocenters. The van der Waals surface area contributed by atoms with Crippen LogP contribution in [0.25, 0.3) is 0 Å². The third-order valence-electron chi connectivity index (χ3n) is 6.97. The van der Waals surface area contributed by atoms with Gasteiger partial charge in [-0.2, -0.15) is 0 Å². The van der Waals surface area contributed by atoms with Crippen LogP contribution in [0, 0.1) is 6.92 Å². The zero-order valence-corrected chi connectivity index (χ0v) is 20.0. The summed E-state index contributed by atoms with van der Waals surface area (Å²) < 4.78 is 0.993. The summed E-state index contributed by atoms with van der Waals surface area (Å²) in [5.41, 5.74) is 5.56. The largest absolute Gasteiger partial charge is 1.00 e. The second-order valence-electron chi connectivity index (χ2n) is 9.35. The van der Waals surface area contributed by atoms with Crippen molar-refractivity contribution >= 4 is 23.2 Å². The van der Waals surface area contributed by atoms with Crippen LogP contribution in [0.5, 0.6) is 0 Å². The molecule has 2 heterocycles. The topological polar surface area (TPSA) is 20.3 Å². The fraction of sp³-hybridized carbons (Fsp3) is 0.296. The van der Waals surface area contributed by atoms with Crippen LogP contribution in [-0.2, 0) is 6.54 Å². The molecule has 3 aromatic carbocycles. The SMILES string of the molecule is Cc1ccc2c(c1)C1C[N+](C)(Cc3ccccc3)CCC1N2C(=O)c1ccccc1Cl.[Cl-]. The summed E-state index contributed by atoms with van der Waals surface area (Å²) in [5, 5.41) is 0.519. The summed E-state index contributed by atoms with van der Waals surface area (Å²) in [6.07, 6.45) is 0.984. The molecule has 32 heavy (non-hydrogen) atoms. The number of aryl methyl sites for hydroxylation is 1. The molecule has 0 saturated carbocycles. The number of likely N-dealkylation sites (N-methyl/N-ethyl adjacent to an activating group) is 1. The number of hydrogen-bond donors (Lipinski definition) is 0. The molecule has 0 aromatic heterocycles. The van der Waals surface area contributed by atoms with Crippen LogP contribution in [0.1, 0.15) is 39.4 Å². The summed E-state index contributed by atoms with van der Waals surface area (Å²) >= 11 is 6.41. The second kappa shape index (κ2) is 8.90. The number of carbonyl (C=O) groups excluding carboxylic acids is 1. The quantitative estimate of drug-likeness (QED) is 0.543. The van der Waals surface area contributed by atoms with E-state index in [9.17, 15) is 4.79 Å². The van der Waals surface area contributed by atoms with E-state index in [-0.39, 0.29) is 24.4 Å². The Bertz CT molecular complexity index is 1130. The standard InChI is InChI=1S/C27H28ClN2O.ClH/c1-19-12-13-25-22(16-19)23-18-30(2,17-20-8-4-3-5-9-20)15-14-26(23)29(25)27(31)21-10-6-7-11-24(21)28;/h3-13,16,23,26H,14-15,17-18H2,1-2H3;1H/q+1;/p-1. The van der Waals surface area contributed by atoms with E-state index in [0.29, 0.717) is 16.5 Å². The Morgan fingerprint density at radius 2 is 1.78 bits per heavy atom. The van der Waals surface area contributed by atoms with Gasteiger partial charge in [0.25, 0.3) is 5.91 Å². The number of fused-ring (bicyclic) bond motifs is 3. The van der Waals surface area contributed by atoms with E-state index >= 15 is 0 Å². The van der Waals surface area contributed by atoms with Gasteiger partial charge in [-0.15, -0.1) is 0 Å². The molecule has 166 valence electrons. The number of hydrogen-bond acceptors (Lipinski definition) is 1. The lowest BCUT2D eigenvalue weighted by molar-refractivity contribution is -0.928. The Balaban J connectivity index is 0.00000245. The number of nitrogens with zero attached hydrogens (tertiary/aromatic N) is 2. The van der Waals surface area contributed by atoms with Gasteiger partial charge in [0.1, 0.15) is 6.54 Å². The number of quaternary nitrogens is 1. The Hall–Kier alpha value is -2.33. The Kier molecular flexibility index (Phi) is 6.35. The molecule has 1 amide bonds. The van der Waals surface area contributed by atoms with Crippen molar-refractivity contribution in [2.75, 3.05) is 25.0 Å². The number of carbonyl (C=O) groups is 1. The number of piperidine rings is 1. The third-order valence-corrected chi connectivity index (χ3v) is 7.30. The fourth-order valence-electron chi connectivity index (χ4n) is 5.51. The third kappa shape index (κ3) is 4.05. The number of halogens is 2. The molecule has 0 N–H and O–H groups in total. The molecular weight excluding hydrogens is 439 g/mol. The fourth-order valence-corrected chi connectivity index (χ4v) is 5.73. The maximum Gasteiger partial charge on any atom is 0.260 e. The van der Waals surface area contributed by atoms with Crippen molar-refractivity contribution in [3.63, 3.8) is 0 Å². The van der Waals surface area contributed by atoms with Gasteiger partial charge in [-0.25, -0.2) is 0 Å². The van der Waals surface area contributed by atoms with Crippen molar-refractivity contribution in [2.45, 2.75) is 31.8 Å². The minimum Gasteiger partial charge on any atom is -1.00 e. The molecule has 1 saturated heterocycles. The zero-order chi connectivity index (χ0) is 21.6. The van der Waals surface area contributed by atoms with Crippen LogP contribution in [0.3, 0.4) is 0 Å². The lowest BCUT2D eigenvalue weighted by atomic mass is 9.87. The van der Waals surface area contributed by atoms with Crippen molar-refractivity contribution in [3.8, 4) is 0 Å². The number of rotatable bonds is 3. The van der Waals surface area contributed by atoms with Crippen molar-refractivity contribution in [2.24, 2.45) is 0 Å². The first kappa shape index (κ1) is 22.8. The highest BCUT2D eigenvalue weighted by Gasteiger charge is 2.49. The zero-order valence-electron chi connectivity index (χ0n) is 18.5. The van der Waals surface area contributed by atoms with E-state index < -0.39 is 0 Å². The van der Waals surface area contributed by atoms with Crippen LogP contribution in [0.4, 0.5) is 5.69 Å². The van der Waals surface area contributed by atoms with Crippen molar-refractivity contribution in [1.29, 1.82) is 0 Å². The number of anilines is 1. The first-order valence-electron chi connectivity index (χ1n) is 11.0. The molecule has 3 aromatic rings. The van der Waals surface area contributed by atoms with Gasteiger partial charge < -0.3 is 21.8 Å². The van der Waals surface area contributed by atoms with E-state index in [1.54, 1.807) is 6.07 Å². The monoisotopic (exact) mass is 466 g/mol. The maximum absolute atomic E-state index is 13.7. The Morgan fingerprint density at radius 3 is 2.53 bits per heavy atom. The first-order valence-corrected chi connectivity index (χ1v) is 11.4. The average Bonchev–Trinajstić information content (AvgIpc) is 3.06. The van der Waals surface area contributed by atoms with E-state index in [1.807, 2.05) is 23.1 Å². The summed E-state index contributed by atoms with van der Waals surface area (Å²) in [5.74, 6) is 0.353. The molecule has 0 spiro atoms. The predicted octanol–water partition coefficient (Wildman–Crippen LogP) is 2.82. The molecule has 5 rings (SSSR count). The summed E-state index contributed by atoms with van der Waals surface area (Å²) in [4.78, 5) is 15.7. The molecule has 2 aliphatic rings.